The number of piperidine rings is 1. The van der Waals surface area contributed by atoms with E-state index in [1.807, 2.05) is 0 Å². The molecule has 1 aliphatic rings. The van der Waals surface area contributed by atoms with Crippen LogP contribution in [0.4, 0.5) is 0 Å². The van der Waals surface area contributed by atoms with Crippen molar-refractivity contribution in [3.8, 4) is 0 Å². The Bertz CT molecular complexity index is 241. The number of unbranched alkanes of at least 4 members (excludes halogenated alkanes) is 1. The van der Waals surface area contributed by atoms with E-state index in [4.69, 9.17) is 10.5 Å². The lowest BCUT2D eigenvalue weighted by molar-refractivity contribution is 0.130. The quantitative estimate of drug-likeness (QED) is 0.318. The molecule has 0 bridgehead atoms. The summed E-state index contributed by atoms with van der Waals surface area (Å²) in [4.78, 5) is 6.64. The predicted octanol–water partition coefficient (Wildman–Crippen LogP) is 2.86. The van der Waals surface area contributed by atoms with Crippen molar-refractivity contribution in [3.05, 3.63) is 0 Å². The molecule has 1 fully saturated rings. The molecule has 0 radical (unpaired) electrons. The van der Waals surface area contributed by atoms with E-state index in [-0.39, 0.29) is 24.0 Å². The zero-order valence-corrected chi connectivity index (χ0v) is 14.8. The molecule has 0 amide bonds. The Balaban J connectivity index is 0.00000324. The molecular weight excluding hydrogens is 353 g/mol. The van der Waals surface area contributed by atoms with E-state index in [1.54, 1.807) is 0 Å². The number of nitrogens with zero attached hydrogens (tertiary/aromatic N) is 2. The van der Waals surface area contributed by atoms with Crippen LogP contribution in [-0.4, -0.2) is 43.7 Å². The van der Waals surface area contributed by atoms with Crippen molar-refractivity contribution >= 4 is 29.9 Å². The molecule has 0 aromatic heterocycles. The van der Waals surface area contributed by atoms with Crippen LogP contribution in [-0.2, 0) is 4.74 Å². The molecule has 2 N–H and O–H groups in total. The van der Waals surface area contributed by atoms with Gasteiger partial charge < -0.3 is 15.4 Å². The zero-order valence-electron chi connectivity index (χ0n) is 12.4. The van der Waals surface area contributed by atoms with Gasteiger partial charge in [0.15, 0.2) is 5.96 Å². The Morgan fingerprint density at radius 3 is 2.53 bits per heavy atom. The highest BCUT2D eigenvalue weighted by Crippen LogP contribution is 2.15. The van der Waals surface area contributed by atoms with E-state index >= 15 is 0 Å². The number of nitrogens with two attached hydrogens (primary N) is 1. The fourth-order valence-corrected chi connectivity index (χ4v) is 2.05. The maximum atomic E-state index is 5.99. The summed E-state index contributed by atoms with van der Waals surface area (Å²) in [5.74, 6) is 1.55. The van der Waals surface area contributed by atoms with Crippen LogP contribution in [0.25, 0.3) is 0 Å². The molecule has 1 saturated heterocycles. The molecule has 0 saturated carbocycles. The predicted molar refractivity (Wildman–Crippen MR) is 92.2 cm³/mol. The molecule has 1 heterocycles. The SMILES string of the molecule is CCCCOCCCN=C(N)N1CCC(C)CC1.I. The van der Waals surface area contributed by atoms with Crippen molar-refractivity contribution < 1.29 is 4.74 Å². The van der Waals surface area contributed by atoms with Crippen LogP contribution in [0.1, 0.15) is 46.0 Å². The second kappa shape index (κ2) is 11.8. The first kappa shape index (κ1) is 19.0. The molecule has 0 aliphatic carbocycles. The number of likely N-dealkylation sites (tertiary alicyclic amines) is 1. The van der Waals surface area contributed by atoms with Gasteiger partial charge in [0, 0.05) is 32.8 Å². The minimum atomic E-state index is 0. The molecule has 19 heavy (non-hydrogen) atoms. The van der Waals surface area contributed by atoms with Crippen LogP contribution >= 0.6 is 24.0 Å². The molecule has 0 aromatic rings. The van der Waals surface area contributed by atoms with Crippen LogP contribution in [0.5, 0.6) is 0 Å². The Morgan fingerprint density at radius 1 is 1.26 bits per heavy atom. The molecule has 5 heteroatoms. The summed E-state index contributed by atoms with van der Waals surface area (Å²) in [6.07, 6.45) is 5.78. The van der Waals surface area contributed by atoms with Crippen LogP contribution in [0.2, 0.25) is 0 Å². The van der Waals surface area contributed by atoms with Crippen LogP contribution < -0.4 is 5.73 Å². The van der Waals surface area contributed by atoms with Crippen molar-refractivity contribution in [3.63, 3.8) is 0 Å². The number of hydrogen-bond donors (Lipinski definition) is 1. The van der Waals surface area contributed by atoms with Gasteiger partial charge in [-0.2, -0.15) is 0 Å². The summed E-state index contributed by atoms with van der Waals surface area (Å²) >= 11 is 0. The van der Waals surface area contributed by atoms with Crippen LogP contribution in [0.15, 0.2) is 4.99 Å². The Kier molecular flexibility index (Phi) is 11.7. The standard InChI is InChI=1S/C14H29N3O.HI/c1-3-4-11-18-12-5-8-16-14(15)17-9-6-13(2)7-10-17;/h13H,3-12H2,1-2H3,(H2,15,16);1H. The fourth-order valence-electron chi connectivity index (χ4n) is 2.05. The van der Waals surface area contributed by atoms with Crippen molar-refractivity contribution in [1.29, 1.82) is 0 Å². The number of ether oxygens (including phenoxy) is 1. The summed E-state index contributed by atoms with van der Waals surface area (Å²) in [7, 11) is 0. The third-order valence-electron chi connectivity index (χ3n) is 3.47. The van der Waals surface area contributed by atoms with Crippen molar-refractivity contribution in [2.24, 2.45) is 16.6 Å². The summed E-state index contributed by atoms with van der Waals surface area (Å²) in [5.41, 5.74) is 5.99. The molecule has 114 valence electrons. The highest BCUT2D eigenvalue weighted by Gasteiger charge is 2.16. The highest BCUT2D eigenvalue weighted by atomic mass is 127. The largest absolute Gasteiger partial charge is 0.381 e. The van der Waals surface area contributed by atoms with Gasteiger partial charge in [-0.05, 0) is 31.6 Å². The van der Waals surface area contributed by atoms with E-state index in [0.29, 0.717) is 0 Å². The Hall–Kier alpha value is -0.0400. The Labute approximate surface area is 135 Å². The smallest absolute Gasteiger partial charge is 0.191 e. The molecular formula is C14H30IN3O. The minimum absolute atomic E-state index is 0. The van der Waals surface area contributed by atoms with Gasteiger partial charge in [0.2, 0.25) is 0 Å². The van der Waals surface area contributed by atoms with Gasteiger partial charge in [0.05, 0.1) is 0 Å². The first-order chi connectivity index (χ1) is 8.74. The molecule has 1 rings (SSSR count). The van der Waals surface area contributed by atoms with Gasteiger partial charge in [-0.25, -0.2) is 0 Å². The van der Waals surface area contributed by atoms with Gasteiger partial charge >= 0.3 is 0 Å². The fraction of sp³-hybridized carbons (Fsp3) is 0.929. The molecule has 1 aliphatic heterocycles. The zero-order chi connectivity index (χ0) is 13.2. The lowest BCUT2D eigenvalue weighted by Crippen LogP contribution is -2.42. The van der Waals surface area contributed by atoms with Gasteiger partial charge in [0.25, 0.3) is 0 Å². The van der Waals surface area contributed by atoms with Crippen LogP contribution in [0, 0.1) is 5.92 Å². The molecule has 0 aromatic carbocycles. The van der Waals surface area contributed by atoms with Crippen molar-refractivity contribution in [2.75, 3.05) is 32.8 Å². The first-order valence-electron chi connectivity index (χ1n) is 7.36. The second-order valence-corrected chi connectivity index (χ2v) is 5.23. The number of halogens is 1. The van der Waals surface area contributed by atoms with Gasteiger partial charge in [-0.3, -0.25) is 4.99 Å². The maximum Gasteiger partial charge on any atom is 0.191 e. The molecule has 0 atom stereocenters. The number of aliphatic imine (C=N–C) groups is 1. The van der Waals surface area contributed by atoms with E-state index < -0.39 is 0 Å². The third-order valence-corrected chi connectivity index (χ3v) is 3.47. The lowest BCUT2D eigenvalue weighted by atomic mass is 10.00. The average Bonchev–Trinajstić information content (AvgIpc) is 2.38. The maximum absolute atomic E-state index is 5.99. The Morgan fingerprint density at radius 2 is 1.89 bits per heavy atom. The van der Waals surface area contributed by atoms with E-state index in [2.05, 4.69) is 23.7 Å². The lowest BCUT2D eigenvalue weighted by Gasteiger charge is -2.31. The van der Waals surface area contributed by atoms with Gasteiger partial charge in [-0.1, -0.05) is 20.3 Å². The number of hydrogen-bond acceptors (Lipinski definition) is 2. The average molecular weight is 383 g/mol. The van der Waals surface area contributed by atoms with Crippen molar-refractivity contribution in [1.82, 2.24) is 4.90 Å². The molecule has 0 spiro atoms. The van der Waals surface area contributed by atoms with E-state index in [0.717, 1.165) is 57.6 Å². The summed E-state index contributed by atoms with van der Waals surface area (Å²) in [5, 5.41) is 0. The van der Waals surface area contributed by atoms with Gasteiger partial charge in [0.1, 0.15) is 0 Å². The topological polar surface area (TPSA) is 50.9 Å². The van der Waals surface area contributed by atoms with Crippen LogP contribution in [0.3, 0.4) is 0 Å². The third kappa shape index (κ3) is 8.68. The number of guanidine groups is 1. The second-order valence-electron chi connectivity index (χ2n) is 5.23. The summed E-state index contributed by atoms with van der Waals surface area (Å²) in [6.45, 7) is 9.05. The summed E-state index contributed by atoms with van der Waals surface area (Å²) < 4.78 is 5.49. The first-order valence-corrected chi connectivity index (χ1v) is 7.36. The van der Waals surface area contributed by atoms with E-state index in [9.17, 15) is 0 Å². The van der Waals surface area contributed by atoms with Gasteiger partial charge in [-0.15, -0.1) is 24.0 Å². The number of rotatable bonds is 7. The monoisotopic (exact) mass is 383 g/mol. The molecule has 4 nitrogen and oxygen atoms in total. The van der Waals surface area contributed by atoms with Crippen molar-refractivity contribution in [2.45, 2.75) is 46.0 Å². The van der Waals surface area contributed by atoms with E-state index in [1.165, 1.54) is 19.3 Å². The molecule has 0 unspecified atom stereocenters. The normalized spacial score (nSPS) is 17.4. The minimum Gasteiger partial charge on any atom is -0.381 e. The highest BCUT2D eigenvalue weighted by molar-refractivity contribution is 14.0. The summed E-state index contributed by atoms with van der Waals surface area (Å²) in [6, 6.07) is 0.